The normalized spacial score (nSPS) is 11.1. The monoisotopic (exact) mass is 313 g/mol. The Morgan fingerprint density at radius 3 is 2.67 bits per heavy atom. The maximum absolute atomic E-state index is 12.4. The van der Waals surface area contributed by atoms with E-state index in [2.05, 4.69) is 5.43 Å². The highest BCUT2D eigenvalue weighted by Gasteiger charge is 2.25. The molecule has 0 aromatic heterocycles. The number of nitrogens with zero attached hydrogens (tertiary/aromatic N) is 3. The summed E-state index contributed by atoms with van der Waals surface area (Å²) in [4.78, 5) is 10.00. The van der Waals surface area contributed by atoms with Crippen LogP contribution in [0.3, 0.4) is 0 Å². The van der Waals surface area contributed by atoms with Crippen molar-refractivity contribution in [1.82, 2.24) is 4.31 Å². The lowest BCUT2D eigenvalue weighted by Crippen LogP contribution is -2.31. The molecular formula is C11H15N5O4S. The first-order valence-corrected chi connectivity index (χ1v) is 7.44. The van der Waals surface area contributed by atoms with Crippen molar-refractivity contribution in [2.24, 2.45) is 5.84 Å². The second-order valence-corrected chi connectivity index (χ2v) is 5.92. The first-order valence-electron chi connectivity index (χ1n) is 6.00. The lowest BCUT2D eigenvalue weighted by Gasteiger charge is -2.19. The molecule has 0 saturated heterocycles. The van der Waals surface area contributed by atoms with Gasteiger partial charge in [0.05, 0.1) is 15.9 Å². The molecule has 114 valence electrons. The second-order valence-electron chi connectivity index (χ2n) is 3.99. The zero-order chi connectivity index (χ0) is 16.0. The Bertz CT molecular complexity index is 668. The SMILES string of the molecule is CCN(CCC#N)S(=O)(=O)c1ccc([N+](=O)[O-])c(NN)c1. The lowest BCUT2D eigenvalue weighted by atomic mass is 10.3. The van der Waals surface area contributed by atoms with Gasteiger partial charge in [-0.05, 0) is 12.1 Å². The van der Waals surface area contributed by atoms with Crippen LogP contribution >= 0.6 is 0 Å². The summed E-state index contributed by atoms with van der Waals surface area (Å²) in [6.07, 6.45) is 0.0576. The van der Waals surface area contributed by atoms with Gasteiger partial charge >= 0.3 is 0 Å². The van der Waals surface area contributed by atoms with E-state index in [9.17, 15) is 18.5 Å². The first-order chi connectivity index (χ1) is 9.88. The number of rotatable bonds is 7. The second kappa shape index (κ2) is 6.98. The minimum Gasteiger partial charge on any atom is -0.318 e. The third-order valence-corrected chi connectivity index (χ3v) is 4.75. The highest BCUT2D eigenvalue weighted by molar-refractivity contribution is 7.89. The molecule has 21 heavy (non-hydrogen) atoms. The molecule has 1 aromatic carbocycles. The topological polar surface area (TPSA) is 142 Å². The number of nitrogen functional groups attached to an aromatic ring is 1. The third kappa shape index (κ3) is 3.66. The Kier molecular flexibility index (Phi) is 5.60. The summed E-state index contributed by atoms with van der Waals surface area (Å²) in [5.74, 6) is 5.18. The summed E-state index contributed by atoms with van der Waals surface area (Å²) in [5.41, 5.74) is 1.69. The summed E-state index contributed by atoms with van der Waals surface area (Å²) in [7, 11) is -3.83. The summed E-state index contributed by atoms with van der Waals surface area (Å²) in [5, 5.41) is 19.3. The van der Waals surface area contributed by atoms with Gasteiger partial charge in [-0.2, -0.15) is 9.57 Å². The fourth-order valence-corrected chi connectivity index (χ4v) is 3.20. The fraction of sp³-hybridized carbons (Fsp3) is 0.364. The standard InChI is InChI=1S/C11H15N5O4S/c1-2-15(7-3-6-12)21(19,20)9-4-5-11(16(17)18)10(8-9)14-13/h4-5,8,14H,2-3,7,13H2,1H3. The number of nitriles is 1. The number of nitrogens with one attached hydrogen (secondary N) is 1. The first kappa shape index (κ1) is 16.8. The number of nitro groups is 1. The van der Waals surface area contributed by atoms with Crippen molar-refractivity contribution < 1.29 is 13.3 Å². The van der Waals surface area contributed by atoms with Gasteiger partial charge in [-0.3, -0.25) is 16.0 Å². The van der Waals surface area contributed by atoms with Crippen molar-refractivity contribution in [3.8, 4) is 6.07 Å². The lowest BCUT2D eigenvalue weighted by molar-refractivity contribution is -0.384. The molecule has 0 aliphatic rings. The van der Waals surface area contributed by atoms with Crippen LogP contribution in [0.2, 0.25) is 0 Å². The van der Waals surface area contributed by atoms with Crippen molar-refractivity contribution in [2.45, 2.75) is 18.2 Å². The summed E-state index contributed by atoms with van der Waals surface area (Å²) >= 11 is 0. The molecular weight excluding hydrogens is 298 g/mol. The highest BCUT2D eigenvalue weighted by Crippen LogP contribution is 2.28. The number of nitrogens with two attached hydrogens (primary N) is 1. The molecule has 0 heterocycles. The van der Waals surface area contributed by atoms with E-state index < -0.39 is 14.9 Å². The molecule has 1 rings (SSSR count). The maximum atomic E-state index is 12.4. The van der Waals surface area contributed by atoms with E-state index in [-0.39, 0.29) is 35.8 Å². The quantitative estimate of drug-likeness (QED) is 0.430. The number of nitro benzene ring substituents is 1. The highest BCUT2D eigenvalue weighted by atomic mass is 32.2. The Labute approximate surface area is 122 Å². The summed E-state index contributed by atoms with van der Waals surface area (Å²) < 4.78 is 25.9. The van der Waals surface area contributed by atoms with Crippen molar-refractivity contribution in [3.63, 3.8) is 0 Å². The van der Waals surface area contributed by atoms with E-state index in [0.717, 1.165) is 22.5 Å². The smallest absolute Gasteiger partial charge is 0.293 e. The van der Waals surface area contributed by atoms with Gasteiger partial charge in [0.15, 0.2) is 0 Å². The van der Waals surface area contributed by atoms with E-state index in [1.165, 1.54) is 0 Å². The molecule has 0 saturated carbocycles. The molecule has 0 bridgehead atoms. The molecule has 10 heteroatoms. The minimum absolute atomic E-state index is 0.0533. The van der Waals surface area contributed by atoms with Crippen LogP contribution in [-0.2, 0) is 10.0 Å². The Hall–Kier alpha value is -2.22. The van der Waals surface area contributed by atoms with E-state index in [1.54, 1.807) is 6.92 Å². The average Bonchev–Trinajstić information content (AvgIpc) is 2.46. The number of hydrazine groups is 1. The van der Waals surface area contributed by atoms with Gasteiger partial charge in [-0.15, -0.1) is 0 Å². The van der Waals surface area contributed by atoms with Gasteiger partial charge in [0.25, 0.3) is 5.69 Å². The van der Waals surface area contributed by atoms with Crippen LogP contribution in [0.25, 0.3) is 0 Å². The zero-order valence-electron chi connectivity index (χ0n) is 11.3. The van der Waals surface area contributed by atoms with Gasteiger partial charge in [0.1, 0.15) is 5.69 Å². The molecule has 0 amide bonds. The van der Waals surface area contributed by atoms with Crippen LogP contribution < -0.4 is 11.3 Å². The van der Waals surface area contributed by atoms with Crippen molar-refractivity contribution in [3.05, 3.63) is 28.3 Å². The van der Waals surface area contributed by atoms with E-state index >= 15 is 0 Å². The Morgan fingerprint density at radius 1 is 1.52 bits per heavy atom. The number of benzene rings is 1. The summed E-state index contributed by atoms with van der Waals surface area (Å²) in [6.45, 7) is 1.88. The minimum atomic E-state index is -3.83. The van der Waals surface area contributed by atoms with Crippen LogP contribution in [0, 0.1) is 21.4 Å². The van der Waals surface area contributed by atoms with Crippen LogP contribution in [0.5, 0.6) is 0 Å². The molecule has 0 atom stereocenters. The summed E-state index contributed by atoms with van der Waals surface area (Å²) in [6, 6.07) is 5.19. The molecule has 0 aliphatic heterocycles. The predicted molar refractivity (Wildman–Crippen MR) is 75.6 cm³/mol. The van der Waals surface area contributed by atoms with Gasteiger partial charge < -0.3 is 5.43 Å². The van der Waals surface area contributed by atoms with Crippen LogP contribution in [-0.4, -0.2) is 30.7 Å². The third-order valence-electron chi connectivity index (χ3n) is 2.78. The number of anilines is 1. The van der Waals surface area contributed by atoms with Gasteiger partial charge in [0, 0.05) is 25.6 Å². The van der Waals surface area contributed by atoms with Gasteiger partial charge in [0.2, 0.25) is 10.0 Å². The van der Waals surface area contributed by atoms with Crippen molar-refractivity contribution in [2.75, 3.05) is 18.5 Å². The molecule has 0 unspecified atom stereocenters. The number of sulfonamides is 1. The molecule has 3 N–H and O–H groups in total. The van der Waals surface area contributed by atoms with Gasteiger partial charge in [-0.25, -0.2) is 8.42 Å². The number of hydrogen-bond acceptors (Lipinski definition) is 7. The maximum Gasteiger partial charge on any atom is 0.293 e. The van der Waals surface area contributed by atoms with Crippen LogP contribution in [0.4, 0.5) is 11.4 Å². The molecule has 0 spiro atoms. The van der Waals surface area contributed by atoms with Crippen LogP contribution in [0.1, 0.15) is 13.3 Å². The van der Waals surface area contributed by atoms with E-state index in [4.69, 9.17) is 11.1 Å². The average molecular weight is 313 g/mol. The molecule has 1 aromatic rings. The van der Waals surface area contributed by atoms with E-state index in [0.29, 0.717) is 0 Å². The molecule has 9 nitrogen and oxygen atoms in total. The number of hydrogen-bond donors (Lipinski definition) is 2. The fourth-order valence-electron chi connectivity index (χ4n) is 1.72. The zero-order valence-corrected chi connectivity index (χ0v) is 12.1. The molecule has 0 fully saturated rings. The van der Waals surface area contributed by atoms with Crippen molar-refractivity contribution in [1.29, 1.82) is 5.26 Å². The van der Waals surface area contributed by atoms with Gasteiger partial charge in [-0.1, -0.05) is 6.92 Å². The van der Waals surface area contributed by atoms with Crippen molar-refractivity contribution >= 4 is 21.4 Å². The molecule has 0 aliphatic carbocycles. The van der Waals surface area contributed by atoms with E-state index in [1.807, 2.05) is 6.07 Å². The largest absolute Gasteiger partial charge is 0.318 e. The Morgan fingerprint density at radius 2 is 2.19 bits per heavy atom. The predicted octanol–water partition coefficient (Wildman–Crippen LogP) is 0.805. The Balaban J connectivity index is 3.25. The molecule has 0 radical (unpaired) electrons. The van der Waals surface area contributed by atoms with Crippen LogP contribution in [0.15, 0.2) is 23.1 Å².